The van der Waals surface area contributed by atoms with E-state index in [1.54, 1.807) is 7.11 Å². The zero-order valence-electron chi connectivity index (χ0n) is 19.0. The highest BCUT2D eigenvalue weighted by atomic mass is 19.1. The third kappa shape index (κ3) is 5.41. The van der Waals surface area contributed by atoms with Gasteiger partial charge >= 0.3 is 6.09 Å². The summed E-state index contributed by atoms with van der Waals surface area (Å²) in [5, 5.41) is 2.86. The number of rotatable bonds is 7. The van der Waals surface area contributed by atoms with Crippen LogP contribution in [0.5, 0.6) is 5.75 Å². The lowest BCUT2D eigenvalue weighted by molar-refractivity contribution is -0.0348. The minimum absolute atomic E-state index is 0.0794. The molecule has 0 aromatic heterocycles. The molecule has 2 heterocycles. The number of piperidine rings is 2. The number of nitrogens with zero attached hydrogens (tertiary/aromatic N) is 1. The number of anilines is 1. The van der Waals surface area contributed by atoms with E-state index in [-0.39, 0.29) is 12.8 Å². The number of halogens is 1. The number of fused-ring (bicyclic) bond motifs is 2. The molecule has 172 valence electrons. The van der Waals surface area contributed by atoms with E-state index < -0.39 is 6.09 Å². The lowest BCUT2D eigenvalue weighted by atomic mass is 9.82. The summed E-state index contributed by atoms with van der Waals surface area (Å²) in [6.45, 7) is 2.55. The van der Waals surface area contributed by atoms with Crippen molar-refractivity contribution in [2.24, 2.45) is 0 Å². The van der Waals surface area contributed by atoms with Crippen LogP contribution in [-0.2, 0) is 17.7 Å². The highest BCUT2D eigenvalue weighted by Crippen LogP contribution is 2.36. The molecule has 2 aromatic rings. The van der Waals surface area contributed by atoms with Crippen LogP contribution in [-0.4, -0.2) is 43.0 Å². The van der Waals surface area contributed by atoms with E-state index >= 15 is 0 Å². The average molecular weight is 441 g/mol. The smallest absolute Gasteiger partial charge is 0.412 e. The molecule has 2 aliphatic heterocycles. The van der Waals surface area contributed by atoms with Gasteiger partial charge in [0.05, 0.1) is 19.5 Å². The Balaban J connectivity index is 1.36. The molecule has 6 heteroatoms. The second-order valence-corrected chi connectivity index (χ2v) is 8.99. The van der Waals surface area contributed by atoms with E-state index in [0.29, 0.717) is 29.9 Å². The monoisotopic (exact) mass is 440 g/mol. The molecule has 5 nitrogen and oxygen atoms in total. The first-order valence-electron chi connectivity index (χ1n) is 11.6. The first-order chi connectivity index (χ1) is 15.6. The van der Waals surface area contributed by atoms with Crippen molar-refractivity contribution in [1.29, 1.82) is 0 Å². The molecule has 4 rings (SSSR count). The summed E-state index contributed by atoms with van der Waals surface area (Å²) in [6, 6.07) is 14.8. The van der Waals surface area contributed by atoms with Gasteiger partial charge < -0.3 is 9.47 Å². The fourth-order valence-corrected chi connectivity index (χ4v) is 5.12. The van der Waals surface area contributed by atoms with Gasteiger partial charge in [0.15, 0.2) is 0 Å². The summed E-state index contributed by atoms with van der Waals surface area (Å²) in [5.74, 6) is 0.622. The summed E-state index contributed by atoms with van der Waals surface area (Å²) in [4.78, 5) is 15.2. The maximum Gasteiger partial charge on any atom is 0.412 e. The highest BCUT2D eigenvalue weighted by Gasteiger charge is 2.39. The van der Waals surface area contributed by atoms with Gasteiger partial charge in [-0.25, -0.2) is 4.79 Å². The molecule has 1 N–H and O–H groups in total. The Morgan fingerprint density at radius 2 is 1.78 bits per heavy atom. The number of hydrogen-bond acceptors (Lipinski definition) is 4. The Morgan fingerprint density at radius 3 is 2.44 bits per heavy atom. The first kappa shape index (κ1) is 22.6. The van der Waals surface area contributed by atoms with E-state index in [0.717, 1.165) is 43.4 Å². The van der Waals surface area contributed by atoms with Gasteiger partial charge in [-0.2, -0.15) is 0 Å². The number of methoxy groups -OCH3 is 1. The number of alkyl halides is 1. The van der Waals surface area contributed by atoms with Crippen LogP contribution in [0.25, 0.3) is 0 Å². The maximum absolute atomic E-state index is 12.6. The molecule has 2 unspecified atom stereocenters. The number of nitrogens with one attached hydrogen (secondary N) is 1. The van der Waals surface area contributed by atoms with E-state index in [1.165, 1.54) is 12.0 Å². The van der Waals surface area contributed by atoms with Crippen molar-refractivity contribution >= 4 is 11.8 Å². The van der Waals surface area contributed by atoms with Crippen LogP contribution in [0, 0.1) is 6.92 Å². The van der Waals surface area contributed by atoms with Crippen molar-refractivity contribution in [3.05, 3.63) is 59.2 Å². The summed E-state index contributed by atoms with van der Waals surface area (Å²) < 4.78 is 23.8. The van der Waals surface area contributed by atoms with Crippen molar-refractivity contribution < 1.29 is 18.7 Å². The van der Waals surface area contributed by atoms with Gasteiger partial charge in [-0.3, -0.25) is 14.6 Å². The third-order valence-electron chi connectivity index (χ3n) is 6.72. The predicted molar refractivity (Wildman–Crippen MR) is 124 cm³/mol. The van der Waals surface area contributed by atoms with Crippen LogP contribution in [0.1, 0.15) is 48.8 Å². The molecular formula is C26H33FN2O3. The van der Waals surface area contributed by atoms with E-state index in [1.807, 2.05) is 37.3 Å². The Labute approximate surface area is 189 Å². The van der Waals surface area contributed by atoms with Crippen LogP contribution < -0.4 is 10.1 Å². The fraction of sp³-hybridized carbons (Fsp3) is 0.500. The largest absolute Gasteiger partial charge is 0.495 e. The minimum atomic E-state index is -0.422. The number of ether oxygens (including phenoxy) is 2. The van der Waals surface area contributed by atoms with E-state index in [2.05, 4.69) is 22.3 Å². The molecule has 0 saturated carbocycles. The van der Waals surface area contributed by atoms with Crippen molar-refractivity contribution in [3.63, 3.8) is 0 Å². The molecule has 32 heavy (non-hydrogen) atoms. The van der Waals surface area contributed by atoms with Crippen molar-refractivity contribution in [3.8, 4) is 5.75 Å². The molecule has 2 aliphatic rings. The lowest BCUT2D eigenvalue weighted by Crippen LogP contribution is -2.53. The minimum Gasteiger partial charge on any atom is -0.495 e. The Kier molecular flexibility index (Phi) is 7.30. The topological polar surface area (TPSA) is 50.8 Å². The number of aryl methyl sites for hydroxylation is 2. The Hall–Kier alpha value is -2.60. The van der Waals surface area contributed by atoms with Crippen LogP contribution in [0.2, 0.25) is 0 Å². The molecule has 2 saturated heterocycles. The quantitative estimate of drug-likeness (QED) is 0.604. The number of carbonyl (C=O) groups is 1. The van der Waals surface area contributed by atoms with Gasteiger partial charge in [-0.15, -0.1) is 0 Å². The second-order valence-electron chi connectivity index (χ2n) is 8.99. The van der Waals surface area contributed by atoms with Gasteiger partial charge in [0.25, 0.3) is 0 Å². The molecule has 0 aliphatic carbocycles. The fourth-order valence-electron chi connectivity index (χ4n) is 5.12. The summed E-state index contributed by atoms with van der Waals surface area (Å²) in [7, 11) is 1.59. The van der Waals surface area contributed by atoms with E-state index in [4.69, 9.17) is 9.47 Å². The van der Waals surface area contributed by atoms with E-state index in [9.17, 15) is 9.18 Å². The van der Waals surface area contributed by atoms with Gasteiger partial charge in [0, 0.05) is 37.9 Å². The highest BCUT2D eigenvalue weighted by molar-refractivity contribution is 5.87. The number of benzene rings is 2. The number of hydrogen-bond donors (Lipinski definition) is 1. The summed E-state index contributed by atoms with van der Waals surface area (Å²) in [6.07, 6.45) is 5.17. The molecule has 2 atom stereocenters. The Morgan fingerprint density at radius 1 is 1.09 bits per heavy atom. The predicted octanol–water partition coefficient (Wildman–Crippen LogP) is 5.65. The number of carbonyl (C=O) groups excluding carboxylic acids is 1. The first-order valence-corrected chi connectivity index (χ1v) is 11.6. The van der Waals surface area contributed by atoms with Crippen molar-refractivity contribution in [2.75, 3.05) is 19.1 Å². The second kappa shape index (κ2) is 10.3. The summed E-state index contributed by atoms with van der Waals surface area (Å²) in [5.41, 5.74) is 3.97. The molecule has 2 aromatic carbocycles. The van der Waals surface area contributed by atoms with Gasteiger partial charge in [0.1, 0.15) is 11.9 Å². The SMILES string of the molecule is COc1ccc(C)cc1NC(=O)OC1CC2CCCC(C1)N2Cc1ccc(CCF)cc1. The van der Waals surface area contributed by atoms with Crippen LogP contribution in [0.3, 0.4) is 0 Å². The van der Waals surface area contributed by atoms with Gasteiger partial charge in [0.2, 0.25) is 0 Å². The van der Waals surface area contributed by atoms with Gasteiger partial charge in [-0.05, 0) is 48.6 Å². The molecule has 2 fully saturated rings. The Bertz CT molecular complexity index is 904. The normalized spacial score (nSPS) is 22.9. The zero-order valence-corrected chi connectivity index (χ0v) is 19.0. The third-order valence-corrected chi connectivity index (χ3v) is 6.72. The maximum atomic E-state index is 12.6. The summed E-state index contributed by atoms with van der Waals surface area (Å²) >= 11 is 0. The standard InChI is InChI=1S/C26H33FN2O3/c1-18-6-11-25(31-2)24(14-18)28-26(30)32-23-15-21-4-3-5-22(16-23)29(21)17-20-9-7-19(8-10-20)12-13-27/h6-11,14,21-23H,3-5,12-13,15-17H2,1-2H3,(H,28,30). The molecular weight excluding hydrogens is 407 g/mol. The number of amides is 1. The van der Waals surface area contributed by atoms with Crippen LogP contribution in [0.15, 0.2) is 42.5 Å². The molecule has 2 bridgehead atoms. The molecule has 0 radical (unpaired) electrons. The lowest BCUT2D eigenvalue weighted by Gasteiger charge is -2.48. The van der Waals surface area contributed by atoms with Crippen molar-refractivity contribution in [2.45, 2.75) is 70.2 Å². The van der Waals surface area contributed by atoms with Crippen molar-refractivity contribution in [1.82, 2.24) is 4.90 Å². The molecule has 1 amide bonds. The van der Waals surface area contributed by atoms with Gasteiger partial charge in [-0.1, -0.05) is 36.8 Å². The van der Waals surface area contributed by atoms with Crippen LogP contribution >= 0.6 is 0 Å². The zero-order chi connectivity index (χ0) is 22.5. The molecule has 0 spiro atoms. The average Bonchev–Trinajstić information content (AvgIpc) is 2.76. The van der Waals surface area contributed by atoms with Crippen LogP contribution in [0.4, 0.5) is 14.9 Å².